The van der Waals surface area contributed by atoms with Crippen LogP contribution in [0.4, 0.5) is 13.2 Å². The Kier molecular flexibility index (Phi) is 4.67. The first-order valence-corrected chi connectivity index (χ1v) is 6.91. The van der Waals surface area contributed by atoms with Gasteiger partial charge in [0.1, 0.15) is 0 Å². The standard InChI is InChI=1S/C14H13F3N2S/c15-14(16,17)12-4-5-13(19-8-12)20-9-11-3-1-2-10(6-11)7-18/h1-6,8H,7,9,18H2. The van der Waals surface area contributed by atoms with Gasteiger partial charge in [0.25, 0.3) is 0 Å². The van der Waals surface area contributed by atoms with Crippen LogP contribution in [0.25, 0.3) is 0 Å². The molecule has 106 valence electrons. The van der Waals surface area contributed by atoms with E-state index >= 15 is 0 Å². The molecule has 2 aromatic rings. The molecule has 0 aliphatic carbocycles. The summed E-state index contributed by atoms with van der Waals surface area (Å²) >= 11 is 1.39. The zero-order chi connectivity index (χ0) is 14.6. The Balaban J connectivity index is 2.00. The summed E-state index contributed by atoms with van der Waals surface area (Å²) < 4.78 is 37.2. The average molecular weight is 298 g/mol. The van der Waals surface area contributed by atoms with Gasteiger partial charge in [0.05, 0.1) is 10.6 Å². The van der Waals surface area contributed by atoms with Gasteiger partial charge < -0.3 is 5.73 Å². The van der Waals surface area contributed by atoms with Gasteiger partial charge in [-0.25, -0.2) is 4.98 Å². The van der Waals surface area contributed by atoms with E-state index in [9.17, 15) is 13.2 Å². The summed E-state index contributed by atoms with van der Waals surface area (Å²) in [5.74, 6) is 0.645. The predicted molar refractivity (Wildman–Crippen MR) is 73.1 cm³/mol. The third kappa shape index (κ3) is 3.98. The van der Waals surface area contributed by atoms with Gasteiger partial charge in [-0.05, 0) is 23.3 Å². The molecule has 0 bridgehead atoms. The van der Waals surface area contributed by atoms with Gasteiger partial charge in [0.2, 0.25) is 0 Å². The molecule has 20 heavy (non-hydrogen) atoms. The zero-order valence-corrected chi connectivity index (χ0v) is 11.3. The lowest BCUT2D eigenvalue weighted by Crippen LogP contribution is -2.05. The van der Waals surface area contributed by atoms with Gasteiger partial charge in [-0.2, -0.15) is 13.2 Å². The molecular formula is C14H13F3N2S. The summed E-state index contributed by atoms with van der Waals surface area (Å²) in [5, 5.41) is 0.566. The summed E-state index contributed by atoms with van der Waals surface area (Å²) in [6, 6.07) is 10.2. The Morgan fingerprint density at radius 1 is 1.10 bits per heavy atom. The number of alkyl halides is 3. The number of nitrogens with zero attached hydrogens (tertiary/aromatic N) is 1. The minimum absolute atomic E-state index is 0.469. The normalized spacial score (nSPS) is 11.6. The minimum atomic E-state index is -4.34. The predicted octanol–water partition coefficient (Wildman–Crippen LogP) is 3.85. The molecule has 2 nitrogen and oxygen atoms in total. The topological polar surface area (TPSA) is 38.9 Å². The number of pyridine rings is 1. The van der Waals surface area contributed by atoms with Crippen LogP contribution < -0.4 is 5.73 Å². The lowest BCUT2D eigenvalue weighted by molar-refractivity contribution is -0.137. The van der Waals surface area contributed by atoms with Crippen molar-refractivity contribution in [2.75, 3.05) is 0 Å². The smallest absolute Gasteiger partial charge is 0.326 e. The molecule has 0 saturated carbocycles. The lowest BCUT2D eigenvalue weighted by Gasteiger charge is -2.07. The largest absolute Gasteiger partial charge is 0.417 e. The quantitative estimate of drug-likeness (QED) is 0.871. The summed E-state index contributed by atoms with van der Waals surface area (Å²) in [5.41, 5.74) is 6.93. The van der Waals surface area contributed by atoms with E-state index in [1.165, 1.54) is 17.8 Å². The van der Waals surface area contributed by atoms with E-state index in [2.05, 4.69) is 4.98 Å². The Hall–Kier alpha value is -1.53. The number of halogens is 3. The Morgan fingerprint density at radius 3 is 2.45 bits per heavy atom. The number of thioether (sulfide) groups is 1. The van der Waals surface area contributed by atoms with Crippen molar-refractivity contribution in [3.8, 4) is 0 Å². The van der Waals surface area contributed by atoms with Crippen molar-refractivity contribution in [1.29, 1.82) is 0 Å². The molecule has 0 aliphatic heterocycles. The highest BCUT2D eigenvalue weighted by molar-refractivity contribution is 7.98. The van der Waals surface area contributed by atoms with Gasteiger partial charge in [0.15, 0.2) is 0 Å². The second-order valence-corrected chi connectivity index (χ2v) is 5.19. The van der Waals surface area contributed by atoms with Gasteiger partial charge in [-0.3, -0.25) is 0 Å². The molecule has 2 rings (SSSR count). The molecule has 0 radical (unpaired) electrons. The number of nitrogens with two attached hydrogens (primary N) is 1. The SMILES string of the molecule is NCc1cccc(CSc2ccc(C(F)(F)F)cn2)c1. The summed E-state index contributed by atoms with van der Waals surface area (Å²) in [6.45, 7) is 0.469. The Bertz CT molecular complexity index is 567. The van der Waals surface area contributed by atoms with E-state index in [4.69, 9.17) is 5.73 Å². The molecule has 1 heterocycles. The molecule has 0 unspecified atom stereocenters. The van der Waals surface area contributed by atoms with E-state index in [-0.39, 0.29) is 0 Å². The number of hydrogen-bond donors (Lipinski definition) is 1. The van der Waals surface area contributed by atoms with Crippen LogP contribution in [0.5, 0.6) is 0 Å². The Labute approximate surface area is 119 Å². The Morgan fingerprint density at radius 2 is 1.85 bits per heavy atom. The van der Waals surface area contributed by atoms with Gasteiger partial charge in [-0.1, -0.05) is 24.3 Å². The monoisotopic (exact) mass is 298 g/mol. The first-order valence-electron chi connectivity index (χ1n) is 5.93. The molecule has 0 saturated heterocycles. The van der Waals surface area contributed by atoms with E-state index in [0.717, 1.165) is 23.4 Å². The van der Waals surface area contributed by atoms with Crippen LogP contribution in [0.15, 0.2) is 47.6 Å². The maximum atomic E-state index is 12.4. The van der Waals surface area contributed by atoms with Crippen molar-refractivity contribution in [2.45, 2.75) is 23.5 Å². The van der Waals surface area contributed by atoms with Crippen LogP contribution in [0.1, 0.15) is 16.7 Å². The van der Waals surface area contributed by atoms with Crippen LogP contribution in [0.2, 0.25) is 0 Å². The van der Waals surface area contributed by atoms with E-state index in [1.807, 2.05) is 24.3 Å². The van der Waals surface area contributed by atoms with Crippen molar-refractivity contribution in [1.82, 2.24) is 4.98 Å². The molecule has 0 amide bonds. The van der Waals surface area contributed by atoms with Crippen LogP contribution in [-0.4, -0.2) is 4.98 Å². The van der Waals surface area contributed by atoms with Gasteiger partial charge in [0, 0.05) is 18.5 Å². The molecule has 0 aliphatic rings. The third-order valence-electron chi connectivity index (χ3n) is 2.68. The van der Waals surface area contributed by atoms with Crippen LogP contribution in [0, 0.1) is 0 Å². The highest BCUT2D eigenvalue weighted by atomic mass is 32.2. The highest BCUT2D eigenvalue weighted by Crippen LogP contribution is 2.30. The van der Waals surface area contributed by atoms with Crippen molar-refractivity contribution in [3.63, 3.8) is 0 Å². The lowest BCUT2D eigenvalue weighted by atomic mass is 10.1. The second kappa shape index (κ2) is 6.28. The average Bonchev–Trinajstić information content (AvgIpc) is 2.45. The fraction of sp³-hybridized carbons (Fsp3) is 0.214. The third-order valence-corrected chi connectivity index (χ3v) is 3.69. The summed E-state index contributed by atoms with van der Waals surface area (Å²) in [6.07, 6.45) is -3.48. The molecular weight excluding hydrogens is 285 g/mol. The van der Waals surface area contributed by atoms with E-state index < -0.39 is 11.7 Å². The first-order chi connectivity index (χ1) is 9.49. The first kappa shape index (κ1) is 14.9. The van der Waals surface area contributed by atoms with Crippen molar-refractivity contribution in [2.24, 2.45) is 5.73 Å². The van der Waals surface area contributed by atoms with E-state index in [1.54, 1.807) is 0 Å². The molecule has 0 fully saturated rings. The molecule has 0 atom stereocenters. The number of hydrogen-bond acceptors (Lipinski definition) is 3. The second-order valence-electron chi connectivity index (χ2n) is 4.20. The van der Waals surface area contributed by atoms with Gasteiger partial charge >= 0.3 is 6.18 Å². The van der Waals surface area contributed by atoms with E-state index in [0.29, 0.717) is 17.3 Å². The minimum Gasteiger partial charge on any atom is -0.326 e. The summed E-state index contributed by atoms with van der Waals surface area (Å²) in [4.78, 5) is 3.82. The van der Waals surface area contributed by atoms with Crippen LogP contribution in [-0.2, 0) is 18.5 Å². The highest BCUT2D eigenvalue weighted by Gasteiger charge is 2.30. The number of rotatable bonds is 4. The molecule has 1 aromatic carbocycles. The van der Waals surface area contributed by atoms with Gasteiger partial charge in [-0.15, -0.1) is 11.8 Å². The summed E-state index contributed by atoms with van der Waals surface area (Å²) in [7, 11) is 0. The molecule has 1 aromatic heterocycles. The van der Waals surface area contributed by atoms with Crippen LogP contribution in [0.3, 0.4) is 0 Å². The fourth-order valence-electron chi connectivity index (χ4n) is 1.64. The molecule has 6 heteroatoms. The molecule has 2 N–H and O–H groups in total. The van der Waals surface area contributed by atoms with Crippen LogP contribution >= 0.6 is 11.8 Å². The maximum absolute atomic E-state index is 12.4. The fourth-order valence-corrected chi connectivity index (χ4v) is 2.42. The zero-order valence-electron chi connectivity index (χ0n) is 10.5. The van der Waals surface area contributed by atoms with Crippen molar-refractivity contribution >= 4 is 11.8 Å². The number of benzene rings is 1. The number of aromatic nitrogens is 1. The molecule has 0 spiro atoms. The van der Waals surface area contributed by atoms with Crippen molar-refractivity contribution < 1.29 is 13.2 Å². The maximum Gasteiger partial charge on any atom is 0.417 e. The van der Waals surface area contributed by atoms with Crippen molar-refractivity contribution in [3.05, 3.63) is 59.3 Å².